The van der Waals surface area contributed by atoms with E-state index in [-0.39, 0.29) is 5.41 Å². The second-order valence-corrected chi connectivity index (χ2v) is 15.3. The van der Waals surface area contributed by atoms with Crippen molar-refractivity contribution in [3.63, 3.8) is 0 Å². The van der Waals surface area contributed by atoms with Gasteiger partial charge in [0.05, 0.1) is 17.1 Å². The molecule has 0 atom stereocenters. The second kappa shape index (κ2) is 13.7. The molecule has 1 nitrogen and oxygen atoms in total. The highest BCUT2D eigenvalue weighted by molar-refractivity contribution is 6.00. The van der Waals surface area contributed by atoms with Crippen LogP contribution in [0.15, 0.2) is 212 Å². The van der Waals surface area contributed by atoms with Crippen LogP contribution in [0.3, 0.4) is 0 Å². The van der Waals surface area contributed by atoms with Crippen LogP contribution in [-0.4, -0.2) is 0 Å². The number of hydrogen-bond acceptors (Lipinski definition) is 1. The summed E-state index contributed by atoms with van der Waals surface area (Å²) in [4.78, 5) is 2.52. The third kappa shape index (κ3) is 5.72. The van der Waals surface area contributed by atoms with Crippen LogP contribution in [0.4, 0.5) is 17.1 Å². The molecule has 266 valence electrons. The summed E-state index contributed by atoms with van der Waals surface area (Å²) in [6, 6.07) is 77.7. The van der Waals surface area contributed by atoms with Crippen molar-refractivity contribution in [2.75, 3.05) is 4.90 Å². The van der Waals surface area contributed by atoms with E-state index in [0.29, 0.717) is 0 Å². The van der Waals surface area contributed by atoms with E-state index in [0.717, 1.165) is 11.4 Å². The normalized spacial score (nSPS) is 12.6. The lowest BCUT2D eigenvalue weighted by Crippen LogP contribution is -2.16. The summed E-state index contributed by atoms with van der Waals surface area (Å²) in [5.74, 6) is 0. The van der Waals surface area contributed by atoms with Crippen molar-refractivity contribution < 1.29 is 0 Å². The third-order valence-corrected chi connectivity index (χ3v) is 11.7. The van der Waals surface area contributed by atoms with Crippen molar-refractivity contribution in [3.8, 4) is 55.6 Å². The number of hydrogen-bond donors (Lipinski definition) is 0. The summed E-state index contributed by atoms with van der Waals surface area (Å²) in [6.07, 6.45) is 0. The summed E-state index contributed by atoms with van der Waals surface area (Å²) in [7, 11) is 0. The van der Waals surface area contributed by atoms with Crippen LogP contribution in [0, 0.1) is 0 Å². The lowest BCUT2D eigenvalue weighted by atomic mass is 9.82. The summed E-state index contributed by atoms with van der Waals surface area (Å²) >= 11 is 0. The number of fused-ring (bicyclic) bond motifs is 4. The van der Waals surface area contributed by atoms with Crippen molar-refractivity contribution in [2.24, 2.45) is 0 Å². The van der Waals surface area contributed by atoms with Gasteiger partial charge in [0.25, 0.3) is 0 Å². The lowest BCUT2D eigenvalue weighted by Gasteiger charge is -2.32. The van der Waals surface area contributed by atoms with E-state index in [9.17, 15) is 0 Å². The minimum Gasteiger partial charge on any atom is -0.309 e. The molecular formula is C55H41N. The molecule has 0 heterocycles. The van der Waals surface area contributed by atoms with Gasteiger partial charge in [-0.25, -0.2) is 0 Å². The van der Waals surface area contributed by atoms with Gasteiger partial charge in [0.1, 0.15) is 0 Å². The number of nitrogens with zero attached hydrogens (tertiary/aromatic N) is 1. The van der Waals surface area contributed by atoms with Crippen LogP contribution in [0.25, 0.3) is 66.4 Å². The zero-order valence-electron chi connectivity index (χ0n) is 31.7. The summed E-state index contributed by atoms with van der Waals surface area (Å²) in [5, 5.41) is 2.51. The standard InChI is InChI=1S/C55H41N/c1-55(2)49-25-11-8-24-48(49)54-50(55)26-15-29-53(54)56(52-28-13-10-23-47(52)45-21-14-20-43(37-45)38-16-4-3-5-17-38)51-27-12-9-22-46(51)41-33-30-40(31-34-41)44-35-32-39-18-6-7-19-42(39)36-44/h3-37H,1-2H3. The SMILES string of the molecule is CC1(C)c2ccccc2-c2c(N(c3ccccc3-c3ccc(-c4ccc5ccccc5c4)cc3)c3ccccc3-c3cccc(-c4ccccc4)c3)cccc21. The molecule has 0 aromatic heterocycles. The zero-order chi connectivity index (χ0) is 37.6. The molecule has 1 aliphatic carbocycles. The monoisotopic (exact) mass is 715 g/mol. The smallest absolute Gasteiger partial charge is 0.0543 e. The van der Waals surface area contributed by atoms with Crippen LogP contribution in [-0.2, 0) is 5.41 Å². The Kier molecular flexibility index (Phi) is 8.23. The van der Waals surface area contributed by atoms with Gasteiger partial charge in [0.2, 0.25) is 0 Å². The topological polar surface area (TPSA) is 3.24 Å². The van der Waals surface area contributed by atoms with E-state index in [1.807, 2.05) is 0 Å². The first-order valence-corrected chi connectivity index (χ1v) is 19.5. The Balaban J connectivity index is 1.17. The third-order valence-electron chi connectivity index (χ3n) is 11.7. The van der Waals surface area contributed by atoms with Gasteiger partial charge in [-0.3, -0.25) is 0 Å². The molecule has 1 heteroatoms. The predicted molar refractivity (Wildman–Crippen MR) is 238 cm³/mol. The highest BCUT2D eigenvalue weighted by Crippen LogP contribution is 2.55. The summed E-state index contributed by atoms with van der Waals surface area (Å²) in [5.41, 5.74) is 18.2. The highest BCUT2D eigenvalue weighted by atomic mass is 15.2. The highest BCUT2D eigenvalue weighted by Gasteiger charge is 2.38. The van der Waals surface area contributed by atoms with Gasteiger partial charge in [-0.15, -0.1) is 0 Å². The molecule has 0 amide bonds. The first-order valence-electron chi connectivity index (χ1n) is 19.5. The molecule has 9 aromatic rings. The molecule has 9 aromatic carbocycles. The lowest BCUT2D eigenvalue weighted by molar-refractivity contribution is 0.660. The fraction of sp³-hybridized carbons (Fsp3) is 0.0545. The molecule has 0 radical (unpaired) electrons. The zero-order valence-corrected chi connectivity index (χ0v) is 31.7. The molecule has 0 spiro atoms. The molecule has 0 saturated carbocycles. The Morgan fingerprint density at radius 2 is 0.786 bits per heavy atom. The minimum absolute atomic E-state index is 0.130. The van der Waals surface area contributed by atoms with Crippen LogP contribution < -0.4 is 4.90 Å². The van der Waals surface area contributed by atoms with E-state index in [1.54, 1.807) is 0 Å². The van der Waals surface area contributed by atoms with Gasteiger partial charge in [-0.05, 0) is 91.2 Å². The van der Waals surface area contributed by atoms with E-state index in [1.165, 1.54) is 83.2 Å². The van der Waals surface area contributed by atoms with Gasteiger partial charge in [0, 0.05) is 22.1 Å². The van der Waals surface area contributed by atoms with E-state index in [2.05, 4.69) is 231 Å². The number of anilines is 3. The summed E-state index contributed by atoms with van der Waals surface area (Å²) in [6.45, 7) is 4.72. The number of benzene rings is 9. The number of rotatable bonds is 7. The average Bonchev–Trinajstić information content (AvgIpc) is 3.50. The van der Waals surface area contributed by atoms with Crippen molar-refractivity contribution in [3.05, 3.63) is 223 Å². The molecule has 0 bridgehead atoms. The summed E-state index contributed by atoms with van der Waals surface area (Å²) < 4.78 is 0. The number of para-hydroxylation sites is 2. The van der Waals surface area contributed by atoms with Gasteiger partial charge < -0.3 is 4.90 Å². The first-order chi connectivity index (χ1) is 27.5. The molecule has 0 aliphatic heterocycles. The van der Waals surface area contributed by atoms with Crippen LogP contribution in [0.5, 0.6) is 0 Å². The molecule has 0 N–H and O–H groups in total. The molecule has 0 saturated heterocycles. The molecular weight excluding hydrogens is 675 g/mol. The molecule has 10 rings (SSSR count). The quantitative estimate of drug-likeness (QED) is 0.159. The fourth-order valence-corrected chi connectivity index (χ4v) is 8.84. The molecule has 0 fully saturated rings. The Morgan fingerprint density at radius 3 is 1.55 bits per heavy atom. The Hall–Kier alpha value is -6.96. The van der Waals surface area contributed by atoms with Crippen molar-refractivity contribution in [1.82, 2.24) is 0 Å². The van der Waals surface area contributed by atoms with Crippen molar-refractivity contribution in [1.29, 1.82) is 0 Å². The van der Waals surface area contributed by atoms with Crippen LogP contribution in [0.2, 0.25) is 0 Å². The Bertz CT molecular complexity index is 2880. The van der Waals surface area contributed by atoms with Gasteiger partial charge in [-0.1, -0.05) is 196 Å². The molecule has 56 heavy (non-hydrogen) atoms. The largest absolute Gasteiger partial charge is 0.309 e. The Morgan fingerprint density at radius 1 is 0.304 bits per heavy atom. The minimum atomic E-state index is -0.130. The maximum Gasteiger partial charge on any atom is 0.0543 e. The second-order valence-electron chi connectivity index (χ2n) is 15.3. The van der Waals surface area contributed by atoms with E-state index >= 15 is 0 Å². The van der Waals surface area contributed by atoms with Gasteiger partial charge in [0.15, 0.2) is 0 Å². The maximum atomic E-state index is 2.52. The van der Waals surface area contributed by atoms with Gasteiger partial charge in [-0.2, -0.15) is 0 Å². The predicted octanol–water partition coefficient (Wildman–Crippen LogP) is 15.3. The molecule has 0 unspecified atom stereocenters. The average molecular weight is 716 g/mol. The van der Waals surface area contributed by atoms with E-state index in [4.69, 9.17) is 0 Å². The fourth-order valence-electron chi connectivity index (χ4n) is 8.84. The maximum absolute atomic E-state index is 2.52. The van der Waals surface area contributed by atoms with Crippen LogP contribution in [0.1, 0.15) is 25.0 Å². The molecule has 1 aliphatic rings. The first kappa shape index (κ1) is 33.6. The van der Waals surface area contributed by atoms with Crippen molar-refractivity contribution in [2.45, 2.75) is 19.3 Å². The van der Waals surface area contributed by atoms with E-state index < -0.39 is 0 Å². The van der Waals surface area contributed by atoms with Crippen molar-refractivity contribution >= 4 is 27.8 Å². The van der Waals surface area contributed by atoms with Crippen LogP contribution >= 0.6 is 0 Å². The van der Waals surface area contributed by atoms with Gasteiger partial charge >= 0.3 is 0 Å². The Labute approximate surface area is 329 Å².